The molecule has 0 spiro atoms. The maximum atomic E-state index is 14.3. The smallest absolute Gasteiger partial charge is 0.304 e. The molecule has 1 aromatic carbocycles. The first-order chi connectivity index (χ1) is 21.8. The van der Waals surface area contributed by atoms with E-state index in [1.165, 1.54) is 18.3 Å². The van der Waals surface area contributed by atoms with Crippen LogP contribution in [0.1, 0.15) is 64.7 Å². The number of benzene rings is 1. The number of amides is 3. The summed E-state index contributed by atoms with van der Waals surface area (Å²) < 4.78 is 0. The Morgan fingerprint density at radius 1 is 1.00 bits per heavy atom. The van der Waals surface area contributed by atoms with Gasteiger partial charge in [0.1, 0.15) is 5.82 Å². The van der Waals surface area contributed by atoms with Crippen LogP contribution in [0.25, 0.3) is 22.4 Å². The molecule has 2 aliphatic heterocycles. The zero-order valence-corrected chi connectivity index (χ0v) is 26.3. The summed E-state index contributed by atoms with van der Waals surface area (Å²) in [5, 5.41) is 15.3. The topological polar surface area (TPSA) is 133 Å². The van der Waals surface area contributed by atoms with E-state index in [9.17, 15) is 24.3 Å². The van der Waals surface area contributed by atoms with Crippen LogP contribution in [0.5, 0.6) is 0 Å². The molecule has 3 amide bonds. The van der Waals surface area contributed by atoms with E-state index < -0.39 is 11.9 Å². The summed E-state index contributed by atoms with van der Waals surface area (Å²) in [5.41, 5.74) is 3.36. The number of pyridine rings is 1. The average Bonchev–Trinajstić information content (AvgIpc) is 3.81. The zero-order chi connectivity index (χ0) is 31.5. The molecule has 10 nitrogen and oxygen atoms in total. The number of carbonyl (C=O) groups is 4. The predicted octanol–water partition coefficient (Wildman–Crippen LogP) is 5.53. The Bertz CT molecular complexity index is 1570. The van der Waals surface area contributed by atoms with Gasteiger partial charge in [-0.1, -0.05) is 49.9 Å². The van der Waals surface area contributed by atoms with Crippen LogP contribution in [0.2, 0.25) is 0 Å². The van der Waals surface area contributed by atoms with Gasteiger partial charge in [0.05, 0.1) is 18.0 Å². The fourth-order valence-electron chi connectivity index (χ4n) is 7.40. The van der Waals surface area contributed by atoms with Crippen molar-refractivity contribution < 1.29 is 24.3 Å². The molecule has 3 aliphatic rings. The Balaban J connectivity index is 1.32. The summed E-state index contributed by atoms with van der Waals surface area (Å²) in [6, 6.07) is 11.4. The molecule has 45 heavy (non-hydrogen) atoms. The summed E-state index contributed by atoms with van der Waals surface area (Å²) in [6.45, 7) is 2.40. The normalized spacial score (nSPS) is 22.8. The Morgan fingerprint density at radius 2 is 1.78 bits per heavy atom. The van der Waals surface area contributed by atoms with Crippen molar-refractivity contribution in [3.8, 4) is 22.4 Å². The number of anilines is 2. The van der Waals surface area contributed by atoms with Crippen LogP contribution in [0.4, 0.5) is 10.9 Å². The number of carboxylic acid groups (broad SMARTS) is 1. The van der Waals surface area contributed by atoms with Crippen molar-refractivity contribution >= 4 is 46.0 Å². The molecule has 2 aromatic heterocycles. The number of nitrogens with one attached hydrogen (secondary N) is 1. The van der Waals surface area contributed by atoms with Gasteiger partial charge in [-0.3, -0.25) is 29.0 Å². The maximum absolute atomic E-state index is 14.3. The van der Waals surface area contributed by atoms with Crippen molar-refractivity contribution in [3.05, 3.63) is 48.0 Å². The molecule has 0 bridgehead atoms. The van der Waals surface area contributed by atoms with Crippen LogP contribution >= 0.6 is 11.3 Å². The second kappa shape index (κ2) is 13.5. The summed E-state index contributed by atoms with van der Waals surface area (Å²) in [7, 11) is 0. The van der Waals surface area contributed by atoms with Gasteiger partial charge < -0.3 is 10.4 Å². The number of hydrogen-bond donors (Lipinski definition) is 2. The van der Waals surface area contributed by atoms with Gasteiger partial charge >= 0.3 is 5.97 Å². The summed E-state index contributed by atoms with van der Waals surface area (Å²) in [4.78, 5) is 63.5. The fourth-order valence-corrected chi connectivity index (χ4v) is 8.24. The molecule has 3 fully saturated rings. The minimum absolute atomic E-state index is 0.0540. The highest BCUT2D eigenvalue weighted by molar-refractivity contribution is 7.14. The van der Waals surface area contributed by atoms with Gasteiger partial charge in [0.2, 0.25) is 17.7 Å². The Hall–Kier alpha value is -4.12. The molecule has 0 radical (unpaired) electrons. The highest BCUT2D eigenvalue weighted by Crippen LogP contribution is 2.42. The van der Waals surface area contributed by atoms with Crippen LogP contribution in [-0.2, 0) is 19.2 Å². The van der Waals surface area contributed by atoms with Crippen molar-refractivity contribution in [1.29, 1.82) is 0 Å². The molecule has 2 saturated heterocycles. The molecular formula is C34H39N5O5S. The number of hydrogen-bond acceptors (Lipinski definition) is 7. The largest absolute Gasteiger partial charge is 0.481 e. The Labute approximate surface area is 266 Å². The summed E-state index contributed by atoms with van der Waals surface area (Å²) in [5.74, 6) is -1.02. The molecular weight excluding hydrogens is 590 g/mol. The van der Waals surface area contributed by atoms with E-state index in [4.69, 9.17) is 4.98 Å². The van der Waals surface area contributed by atoms with Gasteiger partial charge in [-0.25, -0.2) is 9.97 Å². The standard InChI is InChI=1S/C34H39N5O5S/c1-21(40)36-24-13-14-26(22-7-2-3-8-22)28(17-32(42)43)33(44)39(19-24)34-37-29(20-45-34)27-10-5-4-9-25(27)23-12-15-30(35-18-23)38-16-6-11-31(38)41/h4-5,9-10,12,15,18,20,22,24,26,28H,2-3,6-8,11,13-14,16-17,19H2,1H3,(H,36,40)(H,42,43). The third kappa shape index (κ3) is 6.78. The minimum atomic E-state index is -0.974. The van der Waals surface area contributed by atoms with Crippen LogP contribution < -0.4 is 15.1 Å². The van der Waals surface area contributed by atoms with Crippen LogP contribution in [-0.4, -0.2) is 57.9 Å². The van der Waals surface area contributed by atoms with E-state index >= 15 is 0 Å². The number of thiazole rings is 1. The molecule has 1 saturated carbocycles. The SMILES string of the molecule is CC(=O)NC1CCC(C2CCCC2)C(CC(=O)O)C(=O)N(c2nc(-c3ccccc3-c3ccc(N4CCCC4=O)nc3)cs2)C1. The second-order valence-electron chi connectivity index (χ2n) is 12.5. The lowest BCUT2D eigenvalue weighted by molar-refractivity contribution is -0.142. The first-order valence-electron chi connectivity index (χ1n) is 15.9. The van der Waals surface area contributed by atoms with Gasteiger partial charge in [0.25, 0.3) is 0 Å². The van der Waals surface area contributed by atoms with Crippen molar-refractivity contribution in [2.45, 2.75) is 70.8 Å². The minimum Gasteiger partial charge on any atom is -0.481 e. The number of carbonyl (C=O) groups excluding carboxylic acids is 3. The van der Waals surface area contributed by atoms with Crippen LogP contribution in [0.15, 0.2) is 48.0 Å². The number of nitrogens with zero attached hydrogens (tertiary/aromatic N) is 4. The van der Waals surface area contributed by atoms with Crippen LogP contribution in [0.3, 0.4) is 0 Å². The molecule has 11 heteroatoms. The number of aromatic nitrogens is 2. The highest BCUT2D eigenvalue weighted by atomic mass is 32.1. The van der Waals surface area contributed by atoms with Gasteiger partial charge in [0, 0.05) is 55.2 Å². The van der Waals surface area contributed by atoms with Crippen molar-refractivity contribution in [2.24, 2.45) is 17.8 Å². The first-order valence-corrected chi connectivity index (χ1v) is 16.8. The van der Waals surface area contributed by atoms with Gasteiger partial charge in [-0.15, -0.1) is 11.3 Å². The van der Waals surface area contributed by atoms with E-state index in [2.05, 4.69) is 10.3 Å². The average molecular weight is 630 g/mol. The predicted molar refractivity (Wildman–Crippen MR) is 173 cm³/mol. The van der Waals surface area contributed by atoms with E-state index in [1.54, 1.807) is 16.0 Å². The summed E-state index contributed by atoms with van der Waals surface area (Å²) >= 11 is 1.34. The first kappa shape index (κ1) is 30.9. The number of carboxylic acids is 1. The molecule has 3 unspecified atom stereocenters. The van der Waals surface area contributed by atoms with E-state index in [1.807, 2.05) is 41.8 Å². The Kier molecular flexibility index (Phi) is 9.25. The molecule has 6 rings (SSSR count). The molecule has 236 valence electrons. The van der Waals surface area contributed by atoms with Gasteiger partial charge in [-0.05, 0) is 48.8 Å². The maximum Gasteiger partial charge on any atom is 0.304 e. The monoisotopic (exact) mass is 629 g/mol. The lowest BCUT2D eigenvalue weighted by atomic mass is 9.74. The second-order valence-corrected chi connectivity index (χ2v) is 13.3. The van der Waals surface area contributed by atoms with Crippen LogP contribution in [0, 0.1) is 17.8 Å². The van der Waals surface area contributed by atoms with Gasteiger partial charge in [-0.2, -0.15) is 0 Å². The zero-order valence-electron chi connectivity index (χ0n) is 25.5. The van der Waals surface area contributed by atoms with Crippen molar-refractivity contribution in [1.82, 2.24) is 15.3 Å². The lowest BCUT2D eigenvalue weighted by Crippen LogP contribution is -2.51. The van der Waals surface area contributed by atoms with Gasteiger partial charge in [0.15, 0.2) is 5.13 Å². The number of rotatable bonds is 8. The Morgan fingerprint density at radius 3 is 2.44 bits per heavy atom. The third-order valence-electron chi connectivity index (χ3n) is 9.49. The number of aliphatic carboxylic acids is 1. The fraction of sp³-hybridized carbons (Fsp3) is 0.471. The third-order valence-corrected chi connectivity index (χ3v) is 10.4. The van der Waals surface area contributed by atoms with E-state index in [-0.39, 0.29) is 42.6 Å². The molecule has 4 heterocycles. The quantitative estimate of drug-likeness (QED) is 0.335. The van der Waals surface area contributed by atoms with E-state index in [0.29, 0.717) is 48.4 Å². The molecule has 1 aliphatic carbocycles. The summed E-state index contributed by atoms with van der Waals surface area (Å²) in [6.07, 6.45) is 8.51. The van der Waals surface area contributed by atoms with E-state index in [0.717, 1.165) is 48.8 Å². The molecule has 3 atom stereocenters. The molecule has 2 N–H and O–H groups in total. The highest BCUT2D eigenvalue weighted by Gasteiger charge is 2.42. The van der Waals surface area contributed by atoms with Crippen molar-refractivity contribution in [3.63, 3.8) is 0 Å². The molecule has 3 aromatic rings. The lowest BCUT2D eigenvalue weighted by Gasteiger charge is -2.38. The van der Waals surface area contributed by atoms with Crippen molar-refractivity contribution in [2.75, 3.05) is 22.9 Å².